The number of aromatic carboxylic acids is 1. The Morgan fingerprint density at radius 1 is 1.41 bits per heavy atom. The van der Waals surface area contributed by atoms with Crippen LogP contribution >= 0.6 is 15.9 Å². The van der Waals surface area contributed by atoms with E-state index in [1.165, 1.54) is 0 Å². The van der Waals surface area contributed by atoms with Gasteiger partial charge in [0.15, 0.2) is 0 Å². The topological polar surface area (TPSA) is 69.6 Å². The maximum absolute atomic E-state index is 10.9. The van der Waals surface area contributed by atoms with Crippen molar-refractivity contribution in [3.05, 3.63) is 28.2 Å². The highest BCUT2D eigenvalue weighted by molar-refractivity contribution is 9.10. The first kappa shape index (κ1) is 12.4. The van der Waals surface area contributed by atoms with Gasteiger partial charge in [0, 0.05) is 10.2 Å². The molecule has 0 radical (unpaired) electrons. The fourth-order valence-corrected chi connectivity index (χ4v) is 2.51. The first-order valence-electron chi connectivity index (χ1n) is 5.48. The second-order valence-corrected chi connectivity index (χ2v) is 5.37. The number of carbonyl (C=O) groups is 1. The first-order chi connectivity index (χ1) is 8.04. The van der Waals surface area contributed by atoms with Crippen molar-refractivity contribution < 1.29 is 15.0 Å². The highest BCUT2D eigenvalue weighted by Crippen LogP contribution is 2.35. The molecule has 0 heterocycles. The summed E-state index contributed by atoms with van der Waals surface area (Å²) >= 11 is 3.28. The predicted molar refractivity (Wildman–Crippen MR) is 68.4 cm³/mol. The van der Waals surface area contributed by atoms with Gasteiger partial charge in [-0.1, -0.05) is 15.9 Å². The van der Waals surface area contributed by atoms with Gasteiger partial charge in [0.25, 0.3) is 0 Å². The van der Waals surface area contributed by atoms with Crippen LogP contribution in [0.25, 0.3) is 0 Å². The number of benzene rings is 1. The molecule has 1 aromatic rings. The Morgan fingerprint density at radius 3 is 2.59 bits per heavy atom. The Kier molecular flexibility index (Phi) is 3.40. The molecule has 0 bridgehead atoms. The molecule has 1 aliphatic rings. The Bertz CT molecular complexity index is 438. The van der Waals surface area contributed by atoms with E-state index in [-0.39, 0.29) is 17.7 Å². The van der Waals surface area contributed by atoms with Gasteiger partial charge >= 0.3 is 5.97 Å². The number of nitrogens with one attached hydrogen (secondary N) is 1. The molecule has 0 amide bonds. The Hall–Kier alpha value is -1.07. The smallest absolute Gasteiger partial charge is 0.335 e. The van der Waals surface area contributed by atoms with Gasteiger partial charge in [-0.25, -0.2) is 4.79 Å². The van der Waals surface area contributed by atoms with Crippen molar-refractivity contribution in [1.29, 1.82) is 0 Å². The van der Waals surface area contributed by atoms with Crippen LogP contribution in [0.5, 0.6) is 0 Å². The number of hydrogen-bond acceptors (Lipinski definition) is 3. The molecule has 2 rings (SSSR count). The third-order valence-electron chi connectivity index (χ3n) is 3.17. The third kappa shape index (κ3) is 2.61. The fraction of sp³-hybridized carbons (Fsp3) is 0.417. The van der Waals surface area contributed by atoms with E-state index in [2.05, 4.69) is 21.2 Å². The van der Waals surface area contributed by atoms with Gasteiger partial charge < -0.3 is 15.5 Å². The van der Waals surface area contributed by atoms with E-state index in [9.17, 15) is 9.90 Å². The zero-order chi connectivity index (χ0) is 12.5. The monoisotopic (exact) mass is 299 g/mol. The zero-order valence-corrected chi connectivity index (χ0v) is 10.8. The van der Waals surface area contributed by atoms with Gasteiger partial charge in [-0.15, -0.1) is 0 Å². The van der Waals surface area contributed by atoms with Crippen LogP contribution in [0.15, 0.2) is 22.7 Å². The van der Waals surface area contributed by atoms with Crippen LogP contribution in [0.4, 0.5) is 5.69 Å². The highest BCUT2D eigenvalue weighted by atomic mass is 79.9. The molecule has 1 fully saturated rings. The maximum atomic E-state index is 10.9. The van der Waals surface area contributed by atoms with Crippen molar-refractivity contribution in [1.82, 2.24) is 0 Å². The molecule has 0 aliphatic heterocycles. The van der Waals surface area contributed by atoms with Crippen LogP contribution < -0.4 is 5.32 Å². The Morgan fingerprint density at radius 2 is 2.12 bits per heavy atom. The number of anilines is 1. The number of carboxylic acid groups (broad SMARTS) is 1. The summed E-state index contributed by atoms with van der Waals surface area (Å²) in [7, 11) is 0. The van der Waals surface area contributed by atoms with Crippen LogP contribution in [-0.4, -0.2) is 28.3 Å². The van der Waals surface area contributed by atoms with E-state index in [4.69, 9.17) is 5.11 Å². The zero-order valence-electron chi connectivity index (χ0n) is 9.24. The van der Waals surface area contributed by atoms with Crippen molar-refractivity contribution in [2.45, 2.75) is 24.8 Å². The van der Waals surface area contributed by atoms with Crippen LogP contribution in [0.3, 0.4) is 0 Å². The lowest BCUT2D eigenvalue weighted by Gasteiger charge is -2.42. The summed E-state index contributed by atoms with van der Waals surface area (Å²) in [6, 6.07) is 4.96. The van der Waals surface area contributed by atoms with Crippen molar-refractivity contribution in [2.24, 2.45) is 0 Å². The van der Waals surface area contributed by atoms with Gasteiger partial charge in [-0.2, -0.15) is 0 Å². The summed E-state index contributed by atoms with van der Waals surface area (Å²) in [5.74, 6) is -0.957. The largest absolute Gasteiger partial charge is 0.478 e. The van der Waals surface area contributed by atoms with Crippen LogP contribution in [0.2, 0.25) is 0 Å². The van der Waals surface area contributed by atoms with Crippen LogP contribution in [-0.2, 0) is 0 Å². The lowest BCUT2D eigenvalue weighted by molar-refractivity contribution is 0.0697. The molecule has 0 saturated heterocycles. The van der Waals surface area contributed by atoms with Gasteiger partial charge in [-0.3, -0.25) is 0 Å². The van der Waals surface area contributed by atoms with Gasteiger partial charge in [0.1, 0.15) is 0 Å². The highest BCUT2D eigenvalue weighted by Gasteiger charge is 2.36. The van der Waals surface area contributed by atoms with E-state index in [0.29, 0.717) is 4.47 Å². The maximum Gasteiger partial charge on any atom is 0.335 e. The molecule has 0 spiro atoms. The van der Waals surface area contributed by atoms with Gasteiger partial charge in [0.05, 0.1) is 17.7 Å². The van der Waals surface area contributed by atoms with Crippen molar-refractivity contribution in [3.63, 3.8) is 0 Å². The molecule has 92 valence electrons. The van der Waals surface area contributed by atoms with Crippen molar-refractivity contribution in [2.75, 3.05) is 11.9 Å². The van der Waals surface area contributed by atoms with E-state index < -0.39 is 5.97 Å². The molecular weight excluding hydrogens is 286 g/mol. The van der Waals surface area contributed by atoms with E-state index in [1.807, 2.05) is 6.07 Å². The molecule has 3 N–H and O–H groups in total. The number of aliphatic hydroxyl groups excluding tert-OH is 1. The number of carboxylic acids is 1. The molecule has 0 aromatic heterocycles. The number of aliphatic hydroxyl groups is 1. The second kappa shape index (κ2) is 4.66. The summed E-state index contributed by atoms with van der Waals surface area (Å²) in [5, 5.41) is 21.6. The molecule has 1 saturated carbocycles. The van der Waals surface area contributed by atoms with Crippen molar-refractivity contribution in [3.8, 4) is 0 Å². The quantitative estimate of drug-likeness (QED) is 0.799. The molecule has 0 atom stereocenters. The predicted octanol–water partition coefficient (Wildman–Crippen LogP) is 2.47. The van der Waals surface area contributed by atoms with E-state index in [0.717, 1.165) is 24.9 Å². The lowest BCUT2D eigenvalue weighted by Crippen LogP contribution is -2.48. The SMILES string of the molecule is O=C(O)c1cc(Br)cc(NC2(CO)CCC2)c1. The molecule has 5 heteroatoms. The average molecular weight is 300 g/mol. The van der Waals surface area contributed by atoms with Gasteiger partial charge in [0.2, 0.25) is 0 Å². The first-order valence-corrected chi connectivity index (χ1v) is 6.27. The molecule has 4 nitrogen and oxygen atoms in total. The Balaban J connectivity index is 2.23. The summed E-state index contributed by atoms with van der Waals surface area (Å²) in [4.78, 5) is 10.9. The molecular formula is C12H14BrNO3. The summed E-state index contributed by atoms with van der Waals surface area (Å²) in [5.41, 5.74) is 0.691. The van der Waals surface area contributed by atoms with E-state index in [1.54, 1.807) is 12.1 Å². The standard InChI is InChI=1S/C12H14BrNO3/c13-9-4-8(11(16)17)5-10(6-9)14-12(7-15)2-1-3-12/h4-6,14-15H,1-3,7H2,(H,16,17). The summed E-state index contributed by atoms with van der Waals surface area (Å²) in [6.45, 7) is 0.0713. The van der Waals surface area contributed by atoms with Crippen LogP contribution in [0.1, 0.15) is 29.6 Å². The minimum Gasteiger partial charge on any atom is -0.478 e. The molecule has 17 heavy (non-hydrogen) atoms. The molecule has 1 aromatic carbocycles. The van der Waals surface area contributed by atoms with E-state index >= 15 is 0 Å². The fourth-order valence-electron chi connectivity index (χ4n) is 2.02. The Labute approximate surface area is 108 Å². The summed E-state index contributed by atoms with van der Waals surface area (Å²) < 4.78 is 0.715. The van der Waals surface area contributed by atoms with Crippen molar-refractivity contribution >= 4 is 27.6 Å². The second-order valence-electron chi connectivity index (χ2n) is 4.45. The number of hydrogen-bond donors (Lipinski definition) is 3. The lowest BCUT2D eigenvalue weighted by atomic mass is 9.77. The van der Waals surface area contributed by atoms with Gasteiger partial charge in [-0.05, 0) is 37.5 Å². The average Bonchev–Trinajstić information content (AvgIpc) is 2.22. The summed E-state index contributed by atoms with van der Waals surface area (Å²) in [6.07, 6.45) is 2.92. The molecule has 0 unspecified atom stereocenters. The minimum atomic E-state index is -0.957. The normalized spacial score (nSPS) is 17.3. The number of halogens is 1. The van der Waals surface area contributed by atoms with Crippen LogP contribution in [0, 0.1) is 0 Å². The minimum absolute atomic E-state index is 0.0713. The number of rotatable bonds is 4. The third-order valence-corrected chi connectivity index (χ3v) is 3.63. The molecule has 1 aliphatic carbocycles.